The lowest BCUT2D eigenvalue weighted by molar-refractivity contribution is 0.0841. The van der Waals surface area contributed by atoms with E-state index >= 15 is 0 Å². The van der Waals surface area contributed by atoms with Crippen LogP contribution >= 0.6 is 0 Å². The van der Waals surface area contributed by atoms with Gasteiger partial charge in [-0.2, -0.15) is 18.2 Å². The molecule has 0 aromatic heterocycles. The Balaban J connectivity index is 2.49. The Kier molecular flexibility index (Phi) is 3.02. The fraction of sp³-hybridized carbons (Fsp3) is 1.00. The number of hydrogen-bond acceptors (Lipinski definition) is 5. The average Bonchev–Trinajstić information content (AvgIpc) is 2.38. The highest BCUT2D eigenvalue weighted by Gasteiger charge is 2.24. The van der Waals surface area contributed by atoms with Crippen molar-refractivity contribution in [3.05, 3.63) is 0 Å². The Bertz CT molecular complexity index is 232. The van der Waals surface area contributed by atoms with Crippen LogP contribution in [-0.2, 0) is 19.3 Å². The van der Waals surface area contributed by atoms with Crippen molar-refractivity contribution in [2.75, 3.05) is 27.2 Å². The second-order valence-corrected chi connectivity index (χ2v) is 4.40. The summed E-state index contributed by atoms with van der Waals surface area (Å²) in [7, 11) is -0.738. The van der Waals surface area contributed by atoms with Gasteiger partial charge in [-0.1, -0.05) is 0 Å². The zero-order chi connectivity index (χ0) is 9.19. The highest BCUT2D eigenvalue weighted by Crippen LogP contribution is 2.05. The van der Waals surface area contributed by atoms with Crippen LogP contribution in [0, 0.1) is 0 Å². The van der Waals surface area contributed by atoms with Gasteiger partial charge in [0.1, 0.15) is 6.10 Å². The van der Waals surface area contributed by atoms with Crippen molar-refractivity contribution in [2.24, 2.45) is 0 Å². The minimum absolute atomic E-state index is 0.257. The minimum atomic E-state index is -3.57. The first kappa shape index (κ1) is 9.87. The van der Waals surface area contributed by atoms with Crippen LogP contribution in [0.5, 0.6) is 0 Å². The van der Waals surface area contributed by atoms with Crippen molar-refractivity contribution in [2.45, 2.75) is 6.10 Å². The molecule has 1 fully saturated rings. The summed E-state index contributed by atoms with van der Waals surface area (Å²) in [6, 6.07) is 0. The second kappa shape index (κ2) is 3.67. The van der Waals surface area contributed by atoms with Gasteiger partial charge in [0.2, 0.25) is 0 Å². The topological polar surface area (TPSA) is 67.9 Å². The molecule has 0 unspecified atom stereocenters. The molecule has 0 spiro atoms. The van der Waals surface area contributed by atoms with Crippen LogP contribution in [0.25, 0.3) is 0 Å². The maximum Gasteiger partial charge on any atom is 0.338 e. The zero-order valence-electron chi connectivity index (χ0n) is 6.98. The molecule has 0 saturated carbocycles. The fourth-order valence-corrected chi connectivity index (χ4v) is 1.32. The molecule has 6 nitrogen and oxygen atoms in total. The van der Waals surface area contributed by atoms with E-state index in [9.17, 15) is 8.42 Å². The van der Waals surface area contributed by atoms with E-state index in [-0.39, 0.29) is 6.61 Å². The molecule has 1 aliphatic heterocycles. The lowest BCUT2D eigenvalue weighted by Crippen LogP contribution is -2.31. The van der Waals surface area contributed by atoms with Gasteiger partial charge < -0.3 is 0 Å². The van der Waals surface area contributed by atoms with Crippen molar-refractivity contribution >= 4 is 10.3 Å². The van der Waals surface area contributed by atoms with Crippen LogP contribution in [-0.4, -0.2) is 46.1 Å². The Labute approximate surface area is 71.7 Å². The number of rotatable bonds is 3. The molecule has 0 aromatic carbocycles. The Morgan fingerprint density at radius 1 is 1.58 bits per heavy atom. The van der Waals surface area contributed by atoms with Gasteiger partial charge in [-0.05, 0) is 0 Å². The van der Waals surface area contributed by atoms with Crippen LogP contribution in [0.4, 0.5) is 0 Å². The first-order valence-corrected chi connectivity index (χ1v) is 4.84. The normalized spacial score (nSPS) is 25.1. The summed E-state index contributed by atoms with van der Waals surface area (Å²) in [6.07, 6.45) is -0.419. The third-order valence-corrected chi connectivity index (χ3v) is 2.80. The molecule has 1 rings (SSSR count). The number of hydroxylamine groups is 1. The van der Waals surface area contributed by atoms with E-state index in [2.05, 4.69) is 5.48 Å². The van der Waals surface area contributed by atoms with Crippen molar-refractivity contribution in [1.29, 1.82) is 0 Å². The molecule has 12 heavy (non-hydrogen) atoms. The smallest absolute Gasteiger partial charge is 0.299 e. The predicted octanol–water partition coefficient (Wildman–Crippen LogP) is -1.29. The van der Waals surface area contributed by atoms with Crippen LogP contribution < -0.4 is 5.48 Å². The van der Waals surface area contributed by atoms with Gasteiger partial charge in [-0.3, -0.25) is 9.02 Å². The van der Waals surface area contributed by atoms with Crippen molar-refractivity contribution in [1.82, 2.24) is 9.79 Å². The minimum Gasteiger partial charge on any atom is -0.299 e. The average molecular weight is 196 g/mol. The van der Waals surface area contributed by atoms with Gasteiger partial charge in [0.05, 0.1) is 13.2 Å². The molecule has 1 saturated heterocycles. The molecule has 0 aromatic rings. The van der Waals surface area contributed by atoms with E-state index in [1.807, 2.05) is 0 Å². The molecule has 1 heterocycles. The first-order chi connectivity index (χ1) is 5.52. The molecule has 0 radical (unpaired) electrons. The van der Waals surface area contributed by atoms with E-state index < -0.39 is 16.4 Å². The lowest BCUT2D eigenvalue weighted by Gasteiger charge is -2.13. The fourth-order valence-electron chi connectivity index (χ4n) is 0.683. The lowest BCUT2D eigenvalue weighted by atomic mass is 10.4. The highest BCUT2D eigenvalue weighted by molar-refractivity contribution is 7.84. The van der Waals surface area contributed by atoms with E-state index in [0.29, 0.717) is 6.54 Å². The Morgan fingerprint density at radius 3 is 2.67 bits per heavy atom. The summed E-state index contributed by atoms with van der Waals surface area (Å²) in [4.78, 5) is 4.72. The molecule has 1 N–H and O–H groups in total. The summed E-state index contributed by atoms with van der Waals surface area (Å²) >= 11 is 0. The molecular formula is C5H12N2O4S. The molecule has 0 aliphatic carbocycles. The monoisotopic (exact) mass is 196 g/mol. The summed E-state index contributed by atoms with van der Waals surface area (Å²) in [6.45, 7) is 0.653. The van der Waals surface area contributed by atoms with Gasteiger partial charge in [-0.15, -0.1) is 0 Å². The highest BCUT2D eigenvalue weighted by atomic mass is 32.2. The first-order valence-electron chi connectivity index (χ1n) is 3.48. The third-order valence-electron chi connectivity index (χ3n) is 1.39. The standard InChI is InChI=1S/C5H12N2O4S/c1-7(2)12(8,9)11-5-3-6-10-4-5/h5-6H,3-4H2,1-2H3/t5-/m0/s1. The van der Waals surface area contributed by atoms with Gasteiger partial charge in [0, 0.05) is 14.1 Å². The van der Waals surface area contributed by atoms with E-state index in [1.54, 1.807) is 0 Å². The molecular weight excluding hydrogens is 184 g/mol. The van der Waals surface area contributed by atoms with E-state index in [4.69, 9.17) is 9.02 Å². The molecule has 72 valence electrons. The van der Waals surface area contributed by atoms with Gasteiger partial charge in [0.25, 0.3) is 0 Å². The van der Waals surface area contributed by atoms with Gasteiger partial charge in [-0.25, -0.2) is 0 Å². The maximum absolute atomic E-state index is 11.1. The summed E-state index contributed by atoms with van der Waals surface area (Å²) in [5.74, 6) is 0. The van der Waals surface area contributed by atoms with Crippen LogP contribution in [0.1, 0.15) is 0 Å². The van der Waals surface area contributed by atoms with Gasteiger partial charge in [0.15, 0.2) is 0 Å². The van der Waals surface area contributed by atoms with E-state index in [1.165, 1.54) is 14.1 Å². The summed E-state index contributed by atoms with van der Waals surface area (Å²) in [5.41, 5.74) is 2.53. The predicted molar refractivity (Wildman–Crippen MR) is 41.4 cm³/mol. The second-order valence-electron chi connectivity index (χ2n) is 2.62. The Hall–Kier alpha value is -0.210. The van der Waals surface area contributed by atoms with E-state index in [0.717, 1.165) is 4.31 Å². The zero-order valence-corrected chi connectivity index (χ0v) is 7.80. The quantitative estimate of drug-likeness (QED) is 0.608. The number of nitrogens with zero attached hydrogens (tertiary/aromatic N) is 1. The number of hydrogen-bond donors (Lipinski definition) is 1. The molecule has 1 atom stereocenters. The van der Waals surface area contributed by atoms with Crippen LogP contribution in [0.2, 0.25) is 0 Å². The molecule has 0 bridgehead atoms. The van der Waals surface area contributed by atoms with Gasteiger partial charge >= 0.3 is 10.3 Å². The molecule has 0 amide bonds. The van der Waals surface area contributed by atoms with Crippen molar-refractivity contribution in [3.8, 4) is 0 Å². The third kappa shape index (κ3) is 2.39. The largest absolute Gasteiger partial charge is 0.338 e. The summed E-state index contributed by atoms with van der Waals surface area (Å²) in [5, 5.41) is 0. The summed E-state index contributed by atoms with van der Waals surface area (Å²) < 4.78 is 28.0. The maximum atomic E-state index is 11.1. The SMILES string of the molecule is CN(C)S(=O)(=O)O[C@H]1CNOC1. The Morgan fingerprint density at radius 2 is 2.25 bits per heavy atom. The van der Waals surface area contributed by atoms with Crippen LogP contribution in [0.3, 0.4) is 0 Å². The molecule has 7 heteroatoms. The number of nitrogens with one attached hydrogen (secondary N) is 1. The van der Waals surface area contributed by atoms with Crippen molar-refractivity contribution < 1.29 is 17.4 Å². The van der Waals surface area contributed by atoms with Crippen molar-refractivity contribution in [3.63, 3.8) is 0 Å². The molecule has 1 aliphatic rings. The van der Waals surface area contributed by atoms with Crippen LogP contribution in [0.15, 0.2) is 0 Å².